The van der Waals surface area contributed by atoms with Crippen LogP contribution in [-0.4, -0.2) is 32.4 Å². The van der Waals surface area contributed by atoms with Crippen LogP contribution in [0.5, 0.6) is 0 Å². The van der Waals surface area contributed by atoms with Crippen LogP contribution in [0.2, 0.25) is 0 Å². The molecular weight excluding hydrogens is 244 g/mol. The van der Waals surface area contributed by atoms with E-state index in [0.717, 1.165) is 5.56 Å². The standard InChI is InChI=1S/C12H16N6O/c1-9(10-3-2-5-14-7-10)15-12(19)11-8-18(6-4-13)17-16-11/h2-3,5,7-9H,4,6,13H2,1H3,(H,15,19). The van der Waals surface area contributed by atoms with Crippen molar-refractivity contribution in [3.8, 4) is 0 Å². The number of hydrogen-bond donors (Lipinski definition) is 2. The zero-order valence-electron chi connectivity index (χ0n) is 10.7. The van der Waals surface area contributed by atoms with Crippen molar-refractivity contribution in [1.29, 1.82) is 0 Å². The Bertz CT molecular complexity index is 538. The quantitative estimate of drug-likeness (QED) is 0.795. The highest BCUT2D eigenvalue weighted by atomic mass is 16.2. The Hall–Kier alpha value is -2.28. The van der Waals surface area contributed by atoms with Gasteiger partial charge in [0.05, 0.1) is 18.8 Å². The molecule has 0 aliphatic carbocycles. The number of rotatable bonds is 5. The number of pyridine rings is 1. The van der Waals surface area contributed by atoms with E-state index in [0.29, 0.717) is 13.1 Å². The third kappa shape index (κ3) is 3.35. The van der Waals surface area contributed by atoms with Crippen molar-refractivity contribution in [3.63, 3.8) is 0 Å². The molecule has 7 nitrogen and oxygen atoms in total. The average molecular weight is 260 g/mol. The minimum atomic E-state index is -0.264. The predicted octanol–water partition coefficient (Wildman–Crippen LogP) is 0.123. The van der Waals surface area contributed by atoms with Gasteiger partial charge in [-0.05, 0) is 18.6 Å². The molecule has 0 aromatic carbocycles. The van der Waals surface area contributed by atoms with Gasteiger partial charge in [0.15, 0.2) is 5.69 Å². The lowest BCUT2D eigenvalue weighted by molar-refractivity contribution is 0.0934. The smallest absolute Gasteiger partial charge is 0.273 e. The summed E-state index contributed by atoms with van der Waals surface area (Å²) >= 11 is 0. The molecule has 1 amide bonds. The first kappa shape index (κ1) is 13.2. The van der Waals surface area contributed by atoms with E-state index in [2.05, 4.69) is 20.6 Å². The normalized spacial score (nSPS) is 12.1. The van der Waals surface area contributed by atoms with E-state index >= 15 is 0 Å². The van der Waals surface area contributed by atoms with Crippen LogP contribution >= 0.6 is 0 Å². The van der Waals surface area contributed by atoms with Gasteiger partial charge >= 0.3 is 0 Å². The fourth-order valence-electron chi connectivity index (χ4n) is 1.63. The van der Waals surface area contributed by atoms with Crippen LogP contribution in [0.1, 0.15) is 29.0 Å². The van der Waals surface area contributed by atoms with E-state index in [-0.39, 0.29) is 17.6 Å². The highest BCUT2D eigenvalue weighted by molar-refractivity contribution is 5.92. The Kier molecular flexibility index (Phi) is 4.19. The number of hydrogen-bond acceptors (Lipinski definition) is 5. The van der Waals surface area contributed by atoms with Gasteiger partial charge in [0, 0.05) is 18.9 Å². The van der Waals surface area contributed by atoms with E-state index in [1.165, 1.54) is 0 Å². The Morgan fingerprint density at radius 2 is 2.42 bits per heavy atom. The molecule has 2 aromatic rings. The number of carbonyl (C=O) groups excluding carboxylic acids is 1. The van der Waals surface area contributed by atoms with E-state index in [1.807, 2.05) is 19.1 Å². The second-order valence-corrected chi connectivity index (χ2v) is 4.14. The first-order valence-corrected chi connectivity index (χ1v) is 6.01. The van der Waals surface area contributed by atoms with Crippen molar-refractivity contribution in [1.82, 2.24) is 25.3 Å². The molecule has 3 N–H and O–H groups in total. The highest BCUT2D eigenvalue weighted by Gasteiger charge is 2.14. The van der Waals surface area contributed by atoms with Crippen LogP contribution in [0.15, 0.2) is 30.7 Å². The molecule has 0 spiro atoms. The second kappa shape index (κ2) is 6.05. The number of nitrogens with one attached hydrogen (secondary N) is 1. The summed E-state index contributed by atoms with van der Waals surface area (Å²) in [5.41, 5.74) is 6.62. The van der Waals surface area contributed by atoms with E-state index in [4.69, 9.17) is 5.73 Å². The van der Waals surface area contributed by atoms with Gasteiger partial charge in [-0.25, -0.2) is 0 Å². The number of amides is 1. The SMILES string of the molecule is CC(NC(=O)c1cn(CCN)nn1)c1cccnc1. The van der Waals surface area contributed by atoms with Crippen LogP contribution in [0.3, 0.4) is 0 Å². The Balaban J connectivity index is 2.00. The molecule has 0 bridgehead atoms. The molecule has 0 radical (unpaired) electrons. The number of carbonyl (C=O) groups is 1. The summed E-state index contributed by atoms with van der Waals surface area (Å²) in [6.45, 7) is 2.88. The fraction of sp³-hybridized carbons (Fsp3) is 0.333. The summed E-state index contributed by atoms with van der Waals surface area (Å²) in [7, 11) is 0. The van der Waals surface area contributed by atoms with Crippen molar-refractivity contribution in [3.05, 3.63) is 42.0 Å². The molecule has 1 unspecified atom stereocenters. The number of nitrogens with two attached hydrogens (primary N) is 1. The lowest BCUT2D eigenvalue weighted by atomic mass is 10.1. The van der Waals surface area contributed by atoms with Crippen molar-refractivity contribution in [2.45, 2.75) is 19.5 Å². The van der Waals surface area contributed by atoms with Gasteiger partial charge in [0.25, 0.3) is 5.91 Å². The van der Waals surface area contributed by atoms with Crippen LogP contribution in [-0.2, 0) is 6.54 Å². The third-order valence-electron chi connectivity index (χ3n) is 2.66. The Morgan fingerprint density at radius 1 is 1.58 bits per heavy atom. The monoisotopic (exact) mass is 260 g/mol. The summed E-state index contributed by atoms with van der Waals surface area (Å²) in [4.78, 5) is 16.0. The first-order chi connectivity index (χ1) is 9.20. The minimum absolute atomic E-state index is 0.138. The van der Waals surface area contributed by atoms with E-state index in [1.54, 1.807) is 23.3 Å². The molecule has 1 atom stereocenters. The molecule has 0 saturated carbocycles. The largest absolute Gasteiger partial charge is 0.344 e. The molecule has 7 heteroatoms. The van der Waals surface area contributed by atoms with Gasteiger partial charge in [0.2, 0.25) is 0 Å². The summed E-state index contributed by atoms with van der Waals surface area (Å²) in [6, 6.07) is 3.60. The summed E-state index contributed by atoms with van der Waals surface area (Å²) in [5.74, 6) is -0.264. The predicted molar refractivity (Wildman–Crippen MR) is 69.2 cm³/mol. The number of nitrogens with zero attached hydrogens (tertiary/aromatic N) is 4. The minimum Gasteiger partial charge on any atom is -0.344 e. The highest BCUT2D eigenvalue weighted by Crippen LogP contribution is 2.10. The van der Waals surface area contributed by atoms with Crippen LogP contribution in [0.4, 0.5) is 0 Å². The maximum absolute atomic E-state index is 12.0. The average Bonchev–Trinajstić information content (AvgIpc) is 2.89. The summed E-state index contributed by atoms with van der Waals surface area (Å²) < 4.78 is 1.55. The van der Waals surface area contributed by atoms with Crippen molar-refractivity contribution in [2.24, 2.45) is 5.73 Å². The summed E-state index contributed by atoms with van der Waals surface area (Å²) in [6.07, 6.45) is 4.99. The van der Waals surface area contributed by atoms with E-state index in [9.17, 15) is 4.79 Å². The molecule has 0 aliphatic heterocycles. The number of aromatic nitrogens is 4. The lowest BCUT2D eigenvalue weighted by Gasteiger charge is -2.12. The van der Waals surface area contributed by atoms with E-state index < -0.39 is 0 Å². The van der Waals surface area contributed by atoms with Gasteiger partial charge in [-0.15, -0.1) is 5.10 Å². The molecule has 0 saturated heterocycles. The molecule has 0 fully saturated rings. The van der Waals surface area contributed by atoms with Gasteiger partial charge < -0.3 is 11.1 Å². The molecule has 0 aliphatic rings. The summed E-state index contributed by atoms with van der Waals surface area (Å²) in [5, 5.41) is 10.5. The molecule has 2 aromatic heterocycles. The van der Waals surface area contributed by atoms with Gasteiger partial charge in [-0.1, -0.05) is 11.3 Å². The zero-order chi connectivity index (χ0) is 13.7. The fourth-order valence-corrected chi connectivity index (χ4v) is 1.63. The van der Waals surface area contributed by atoms with Gasteiger partial charge in [0.1, 0.15) is 0 Å². The first-order valence-electron chi connectivity index (χ1n) is 6.01. The van der Waals surface area contributed by atoms with Gasteiger partial charge in [-0.3, -0.25) is 14.5 Å². The maximum Gasteiger partial charge on any atom is 0.273 e. The molecular formula is C12H16N6O. The van der Waals surface area contributed by atoms with Crippen LogP contribution in [0.25, 0.3) is 0 Å². The molecule has 19 heavy (non-hydrogen) atoms. The van der Waals surface area contributed by atoms with Crippen LogP contribution in [0, 0.1) is 0 Å². The Morgan fingerprint density at radius 3 is 3.11 bits per heavy atom. The maximum atomic E-state index is 12.0. The molecule has 2 heterocycles. The Labute approximate surface area is 110 Å². The van der Waals surface area contributed by atoms with Crippen molar-refractivity contribution >= 4 is 5.91 Å². The van der Waals surface area contributed by atoms with Crippen LogP contribution < -0.4 is 11.1 Å². The topological polar surface area (TPSA) is 98.7 Å². The van der Waals surface area contributed by atoms with Crippen molar-refractivity contribution < 1.29 is 4.79 Å². The second-order valence-electron chi connectivity index (χ2n) is 4.14. The van der Waals surface area contributed by atoms with Crippen molar-refractivity contribution in [2.75, 3.05) is 6.54 Å². The third-order valence-corrected chi connectivity index (χ3v) is 2.66. The zero-order valence-corrected chi connectivity index (χ0v) is 10.7. The lowest BCUT2D eigenvalue weighted by Crippen LogP contribution is -2.27. The van der Waals surface area contributed by atoms with Gasteiger partial charge in [-0.2, -0.15) is 0 Å². The molecule has 100 valence electrons. The molecule has 2 rings (SSSR count).